The van der Waals surface area contributed by atoms with Gasteiger partial charge in [0.1, 0.15) is 0 Å². The molecule has 0 amide bonds. The summed E-state index contributed by atoms with van der Waals surface area (Å²) in [6.07, 6.45) is 2.30. The van der Waals surface area contributed by atoms with Crippen molar-refractivity contribution in [3.05, 3.63) is 11.9 Å². The summed E-state index contributed by atoms with van der Waals surface area (Å²) in [6, 6.07) is 0. The molecule has 1 heterocycles. The lowest BCUT2D eigenvalue weighted by Gasteiger charge is -2.11. The number of rotatable bonds is 3. The Labute approximate surface area is 70.4 Å². The molecule has 0 aliphatic rings. The van der Waals surface area contributed by atoms with Gasteiger partial charge in [-0.3, -0.25) is 0 Å². The average molecular weight is 172 g/mol. The fourth-order valence-corrected chi connectivity index (χ4v) is 1.22. The third kappa shape index (κ3) is 2.55. The number of aromatic nitrogens is 2. The van der Waals surface area contributed by atoms with Gasteiger partial charge in [0, 0.05) is 0 Å². The van der Waals surface area contributed by atoms with Gasteiger partial charge in [-0.1, -0.05) is 6.92 Å². The fraction of sp³-hybridized carbons (Fsp3) is 0.714. The molecule has 1 aromatic rings. The van der Waals surface area contributed by atoms with E-state index in [1.165, 1.54) is 11.7 Å². The molecule has 0 fully saturated rings. The van der Waals surface area contributed by atoms with Crippen molar-refractivity contribution < 1.29 is 5.11 Å². The Bertz CT molecular complexity index is 198. The Morgan fingerprint density at radius 2 is 2.36 bits per heavy atom. The second-order valence-electron chi connectivity index (χ2n) is 2.82. The summed E-state index contributed by atoms with van der Waals surface area (Å²) in [4.78, 5) is 0. The molecule has 62 valence electrons. The Hall–Kier alpha value is -0.480. The quantitative estimate of drug-likeness (QED) is 0.742. The van der Waals surface area contributed by atoms with E-state index in [9.17, 15) is 5.11 Å². The minimum absolute atomic E-state index is 0.263. The molecule has 2 atom stereocenters. The molecular weight excluding hydrogens is 160 g/mol. The first kappa shape index (κ1) is 8.62. The minimum atomic E-state index is -0.267. The highest BCUT2D eigenvalue weighted by Crippen LogP contribution is 2.09. The molecule has 0 spiro atoms. The SMILES string of the molecule is CC(O)C(C)Cc1cnsn1. The van der Waals surface area contributed by atoms with E-state index in [-0.39, 0.29) is 12.0 Å². The van der Waals surface area contributed by atoms with E-state index in [2.05, 4.69) is 8.75 Å². The molecule has 2 unspecified atom stereocenters. The van der Waals surface area contributed by atoms with Gasteiger partial charge in [-0.05, 0) is 19.3 Å². The van der Waals surface area contributed by atoms with Crippen molar-refractivity contribution in [1.29, 1.82) is 0 Å². The summed E-state index contributed by atoms with van der Waals surface area (Å²) >= 11 is 1.21. The van der Waals surface area contributed by atoms with E-state index in [1.54, 1.807) is 13.1 Å². The standard InChI is InChI=1S/C7H12N2OS/c1-5(6(2)10)3-7-4-8-11-9-7/h4-6,10H,3H2,1-2H3. The van der Waals surface area contributed by atoms with Gasteiger partial charge in [0.25, 0.3) is 0 Å². The van der Waals surface area contributed by atoms with Crippen LogP contribution < -0.4 is 0 Å². The van der Waals surface area contributed by atoms with Crippen LogP contribution in [-0.4, -0.2) is 20.0 Å². The van der Waals surface area contributed by atoms with Crippen LogP contribution in [0.15, 0.2) is 6.20 Å². The molecule has 0 aliphatic carbocycles. The van der Waals surface area contributed by atoms with Gasteiger partial charge in [-0.25, -0.2) is 0 Å². The monoisotopic (exact) mass is 172 g/mol. The zero-order valence-electron chi connectivity index (χ0n) is 6.69. The molecule has 0 saturated heterocycles. The second kappa shape index (κ2) is 3.78. The minimum Gasteiger partial charge on any atom is -0.393 e. The maximum atomic E-state index is 9.17. The first-order valence-electron chi connectivity index (χ1n) is 3.64. The predicted molar refractivity (Wildman–Crippen MR) is 44.5 cm³/mol. The van der Waals surface area contributed by atoms with Crippen molar-refractivity contribution in [2.75, 3.05) is 0 Å². The molecule has 0 bridgehead atoms. The van der Waals surface area contributed by atoms with Gasteiger partial charge in [0.15, 0.2) is 0 Å². The zero-order valence-corrected chi connectivity index (χ0v) is 7.51. The highest BCUT2D eigenvalue weighted by Gasteiger charge is 2.10. The maximum Gasteiger partial charge on any atom is 0.0746 e. The second-order valence-corrected chi connectivity index (χ2v) is 3.38. The molecule has 3 nitrogen and oxygen atoms in total. The summed E-state index contributed by atoms with van der Waals surface area (Å²) in [6.45, 7) is 3.80. The molecule has 11 heavy (non-hydrogen) atoms. The van der Waals surface area contributed by atoms with Crippen LogP contribution in [0.2, 0.25) is 0 Å². The van der Waals surface area contributed by atoms with Gasteiger partial charge < -0.3 is 5.11 Å². The lowest BCUT2D eigenvalue weighted by atomic mass is 10.0. The Balaban J connectivity index is 2.43. The van der Waals surface area contributed by atoms with E-state index < -0.39 is 0 Å². The van der Waals surface area contributed by atoms with Crippen LogP contribution >= 0.6 is 11.7 Å². The first-order valence-corrected chi connectivity index (χ1v) is 4.37. The lowest BCUT2D eigenvalue weighted by molar-refractivity contribution is 0.134. The van der Waals surface area contributed by atoms with Crippen LogP contribution in [0, 0.1) is 5.92 Å². The summed E-state index contributed by atoms with van der Waals surface area (Å²) in [7, 11) is 0. The largest absolute Gasteiger partial charge is 0.393 e. The lowest BCUT2D eigenvalue weighted by Crippen LogP contribution is -2.15. The number of aliphatic hydroxyl groups is 1. The van der Waals surface area contributed by atoms with E-state index in [0.717, 1.165) is 12.1 Å². The van der Waals surface area contributed by atoms with Crippen LogP contribution in [-0.2, 0) is 6.42 Å². The van der Waals surface area contributed by atoms with Crippen molar-refractivity contribution in [3.63, 3.8) is 0 Å². The van der Waals surface area contributed by atoms with Crippen molar-refractivity contribution in [3.8, 4) is 0 Å². The molecule has 1 aromatic heterocycles. The van der Waals surface area contributed by atoms with Crippen molar-refractivity contribution in [2.45, 2.75) is 26.4 Å². The summed E-state index contributed by atoms with van der Waals surface area (Å²) in [5.74, 6) is 0.263. The van der Waals surface area contributed by atoms with Crippen LogP contribution in [0.5, 0.6) is 0 Å². The Morgan fingerprint density at radius 1 is 1.64 bits per heavy atom. The van der Waals surface area contributed by atoms with Crippen molar-refractivity contribution in [1.82, 2.24) is 8.75 Å². The van der Waals surface area contributed by atoms with E-state index in [0.29, 0.717) is 0 Å². The summed E-state index contributed by atoms with van der Waals surface area (Å²) in [5, 5.41) is 9.17. The number of hydrogen-bond donors (Lipinski definition) is 1. The topological polar surface area (TPSA) is 46.0 Å². The molecular formula is C7H12N2OS. The molecule has 0 radical (unpaired) electrons. The number of nitrogens with zero attached hydrogens (tertiary/aromatic N) is 2. The third-order valence-corrected chi connectivity index (χ3v) is 2.28. The number of aliphatic hydroxyl groups excluding tert-OH is 1. The molecule has 1 N–H and O–H groups in total. The van der Waals surface area contributed by atoms with Gasteiger partial charge in [0.2, 0.25) is 0 Å². The van der Waals surface area contributed by atoms with Gasteiger partial charge in [-0.2, -0.15) is 8.75 Å². The summed E-state index contributed by atoms with van der Waals surface area (Å²) in [5.41, 5.74) is 0.975. The molecule has 1 rings (SSSR count). The molecule has 0 saturated carbocycles. The fourth-order valence-electron chi connectivity index (χ4n) is 0.774. The maximum absolute atomic E-state index is 9.17. The number of hydrogen-bond acceptors (Lipinski definition) is 4. The van der Waals surface area contributed by atoms with Crippen LogP contribution in [0.25, 0.3) is 0 Å². The van der Waals surface area contributed by atoms with E-state index in [1.807, 2.05) is 6.92 Å². The van der Waals surface area contributed by atoms with Crippen molar-refractivity contribution in [2.24, 2.45) is 5.92 Å². The normalized spacial score (nSPS) is 16.3. The Morgan fingerprint density at radius 3 is 2.82 bits per heavy atom. The van der Waals surface area contributed by atoms with Crippen LogP contribution in [0.4, 0.5) is 0 Å². The van der Waals surface area contributed by atoms with Crippen LogP contribution in [0.3, 0.4) is 0 Å². The molecule has 0 aliphatic heterocycles. The molecule has 0 aromatic carbocycles. The van der Waals surface area contributed by atoms with Crippen LogP contribution in [0.1, 0.15) is 19.5 Å². The van der Waals surface area contributed by atoms with Gasteiger partial charge in [-0.15, -0.1) is 0 Å². The predicted octanol–water partition coefficient (Wildman–Crippen LogP) is 1.10. The van der Waals surface area contributed by atoms with E-state index in [4.69, 9.17) is 0 Å². The van der Waals surface area contributed by atoms with Crippen molar-refractivity contribution >= 4 is 11.7 Å². The zero-order chi connectivity index (χ0) is 8.27. The highest BCUT2D eigenvalue weighted by molar-refractivity contribution is 6.99. The average Bonchev–Trinajstić information content (AvgIpc) is 2.39. The third-order valence-electron chi connectivity index (χ3n) is 1.76. The van der Waals surface area contributed by atoms with Gasteiger partial charge in [0.05, 0.1) is 29.7 Å². The smallest absolute Gasteiger partial charge is 0.0746 e. The Kier molecular flexibility index (Phi) is 2.96. The molecule has 4 heteroatoms. The first-order chi connectivity index (χ1) is 5.20. The highest BCUT2D eigenvalue weighted by atomic mass is 32.1. The van der Waals surface area contributed by atoms with Gasteiger partial charge >= 0.3 is 0 Å². The summed E-state index contributed by atoms with van der Waals surface area (Å²) < 4.78 is 7.94. The van der Waals surface area contributed by atoms with E-state index >= 15 is 0 Å².